The van der Waals surface area contributed by atoms with E-state index in [4.69, 9.17) is 4.52 Å². The van der Waals surface area contributed by atoms with Crippen molar-refractivity contribution in [1.29, 1.82) is 0 Å². The Bertz CT molecular complexity index is 680. The zero-order chi connectivity index (χ0) is 20.4. The Morgan fingerprint density at radius 1 is 1.41 bits per heavy atom. The van der Waals surface area contributed by atoms with Crippen LogP contribution in [0.4, 0.5) is 5.88 Å². The molecule has 1 amide bonds. The van der Waals surface area contributed by atoms with E-state index in [1.807, 2.05) is 32.0 Å². The van der Waals surface area contributed by atoms with Crippen molar-refractivity contribution in [3.05, 3.63) is 11.8 Å². The highest BCUT2D eigenvalue weighted by Gasteiger charge is 2.35. The summed E-state index contributed by atoms with van der Waals surface area (Å²) in [6.45, 7) is 10.8. The summed E-state index contributed by atoms with van der Waals surface area (Å²) >= 11 is 1.64. The third kappa shape index (κ3) is 5.56. The molecule has 0 spiro atoms. The number of rotatable bonds is 7. The highest BCUT2D eigenvalue weighted by Crippen LogP contribution is 2.36. The molecular weight excluding hydrogens is 386 g/mol. The average Bonchev–Trinajstić information content (AvgIpc) is 3.04. The summed E-state index contributed by atoms with van der Waals surface area (Å²) < 4.78 is 18.1. The molecule has 27 heavy (non-hydrogen) atoms. The SMILES string of the molecule is CC(O)C(C)(C)c1cc(NC(=O)C(C)(C)SC2CCN(S(C)=O)CC2)on1. The zero-order valence-corrected chi connectivity index (χ0v) is 18.6. The second-order valence-electron chi connectivity index (χ2n) is 8.11. The first-order chi connectivity index (χ1) is 12.4. The average molecular weight is 418 g/mol. The Kier molecular flexibility index (Phi) is 7.16. The number of amides is 1. The molecule has 1 aromatic rings. The van der Waals surface area contributed by atoms with Crippen molar-refractivity contribution >= 4 is 34.5 Å². The van der Waals surface area contributed by atoms with Gasteiger partial charge in [0.15, 0.2) is 0 Å². The number of hydrogen-bond acceptors (Lipinski definition) is 6. The van der Waals surface area contributed by atoms with Crippen LogP contribution in [-0.4, -0.2) is 60.1 Å². The number of aliphatic hydroxyl groups is 1. The van der Waals surface area contributed by atoms with Crippen molar-refractivity contribution in [3.8, 4) is 0 Å². The number of aromatic nitrogens is 1. The van der Waals surface area contributed by atoms with E-state index >= 15 is 0 Å². The summed E-state index contributed by atoms with van der Waals surface area (Å²) in [7, 11) is -0.926. The number of anilines is 1. The quantitative estimate of drug-likeness (QED) is 0.708. The van der Waals surface area contributed by atoms with Crippen molar-refractivity contribution in [2.24, 2.45) is 0 Å². The minimum absolute atomic E-state index is 0.147. The maximum absolute atomic E-state index is 12.7. The van der Waals surface area contributed by atoms with E-state index in [0.717, 1.165) is 25.9 Å². The molecule has 1 aromatic heterocycles. The molecule has 0 saturated carbocycles. The lowest BCUT2D eigenvalue weighted by molar-refractivity contribution is -0.117. The molecule has 2 heterocycles. The van der Waals surface area contributed by atoms with Crippen LogP contribution in [0.25, 0.3) is 0 Å². The van der Waals surface area contributed by atoms with Gasteiger partial charge in [-0.15, -0.1) is 11.8 Å². The molecular formula is C18H31N3O4S2. The number of piperidine rings is 1. The predicted octanol–water partition coefficient (Wildman–Crippen LogP) is 2.54. The second-order valence-corrected chi connectivity index (χ2v) is 11.4. The fourth-order valence-electron chi connectivity index (χ4n) is 2.79. The number of aliphatic hydroxyl groups excluding tert-OH is 1. The second kappa shape index (κ2) is 8.63. The number of hydrogen-bond donors (Lipinski definition) is 2. The van der Waals surface area contributed by atoms with Gasteiger partial charge in [-0.05, 0) is 33.6 Å². The fraction of sp³-hybridized carbons (Fsp3) is 0.778. The van der Waals surface area contributed by atoms with Crippen molar-refractivity contribution in [3.63, 3.8) is 0 Å². The Hall–Kier alpha value is -0.900. The number of carbonyl (C=O) groups excluding carboxylic acids is 1. The van der Waals surface area contributed by atoms with Crippen molar-refractivity contribution in [2.45, 2.75) is 69.0 Å². The van der Waals surface area contributed by atoms with E-state index < -0.39 is 27.3 Å². The smallest absolute Gasteiger partial charge is 0.242 e. The molecule has 2 atom stereocenters. The lowest BCUT2D eigenvalue weighted by atomic mass is 9.84. The molecule has 2 unspecified atom stereocenters. The Balaban J connectivity index is 1.95. The molecule has 9 heteroatoms. The number of nitrogens with one attached hydrogen (secondary N) is 1. The summed E-state index contributed by atoms with van der Waals surface area (Å²) in [5.41, 5.74) is 0.0302. The molecule has 0 aliphatic carbocycles. The molecule has 0 bridgehead atoms. The Morgan fingerprint density at radius 3 is 2.52 bits per heavy atom. The van der Waals surface area contributed by atoms with Crippen molar-refractivity contribution < 1.29 is 18.6 Å². The van der Waals surface area contributed by atoms with E-state index in [2.05, 4.69) is 10.5 Å². The minimum atomic E-state index is -0.926. The number of nitrogens with zero attached hydrogens (tertiary/aromatic N) is 2. The molecule has 0 aromatic carbocycles. The highest BCUT2D eigenvalue weighted by molar-refractivity contribution is 8.02. The van der Waals surface area contributed by atoms with Crippen molar-refractivity contribution in [2.75, 3.05) is 24.7 Å². The third-order valence-electron chi connectivity index (χ3n) is 5.22. The lowest BCUT2D eigenvalue weighted by Crippen LogP contribution is -2.40. The maximum Gasteiger partial charge on any atom is 0.242 e. The predicted molar refractivity (Wildman–Crippen MR) is 110 cm³/mol. The first-order valence-electron chi connectivity index (χ1n) is 9.16. The molecule has 2 N–H and O–H groups in total. The summed E-state index contributed by atoms with van der Waals surface area (Å²) in [5, 5.41) is 17.0. The van der Waals surface area contributed by atoms with Gasteiger partial charge in [-0.3, -0.25) is 10.1 Å². The zero-order valence-electron chi connectivity index (χ0n) is 16.9. The van der Waals surface area contributed by atoms with Crippen LogP contribution < -0.4 is 5.32 Å². The van der Waals surface area contributed by atoms with Crippen LogP contribution in [0.15, 0.2) is 10.6 Å². The van der Waals surface area contributed by atoms with Crippen LogP contribution in [0.3, 0.4) is 0 Å². The first-order valence-corrected chi connectivity index (χ1v) is 11.6. The molecule has 154 valence electrons. The summed E-state index contributed by atoms with van der Waals surface area (Å²) in [6, 6.07) is 1.67. The van der Waals surface area contributed by atoms with Gasteiger partial charge in [0.1, 0.15) is 0 Å². The van der Waals surface area contributed by atoms with Crippen molar-refractivity contribution in [1.82, 2.24) is 9.46 Å². The molecule has 2 rings (SSSR count). The van der Waals surface area contributed by atoms with E-state index in [-0.39, 0.29) is 11.8 Å². The van der Waals surface area contributed by atoms with Crippen LogP contribution in [0, 0.1) is 0 Å². The van der Waals surface area contributed by atoms with Crippen LogP contribution in [-0.2, 0) is 21.2 Å². The van der Waals surface area contributed by atoms with E-state index in [9.17, 15) is 14.1 Å². The fourth-order valence-corrected chi connectivity index (χ4v) is 4.95. The summed E-state index contributed by atoms with van der Waals surface area (Å²) in [4.78, 5) is 12.7. The van der Waals surface area contributed by atoms with Crippen LogP contribution >= 0.6 is 11.8 Å². The first kappa shape index (κ1) is 22.4. The van der Waals surface area contributed by atoms with Gasteiger partial charge in [-0.2, -0.15) is 0 Å². The van der Waals surface area contributed by atoms with Gasteiger partial charge in [-0.25, -0.2) is 8.51 Å². The highest BCUT2D eigenvalue weighted by atomic mass is 32.2. The minimum Gasteiger partial charge on any atom is -0.392 e. The maximum atomic E-state index is 12.7. The Labute approximate surface area is 168 Å². The molecule has 1 fully saturated rings. The van der Waals surface area contributed by atoms with E-state index in [1.165, 1.54) is 0 Å². The Morgan fingerprint density at radius 2 is 2.00 bits per heavy atom. The number of carbonyl (C=O) groups is 1. The van der Waals surface area contributed by atoms with Gasteiger partial charge in [-0.1, -0.05) is 19.0 Å². The van der Waals surface area contributed by atoms with Gasteiger partial charge < -0.3 is 9.63 Å². The van der Waals surface area contributed by atoms with E-state index in [1.54, 1.807) is 31.0 Å². The molecule has 0 radical (unpaired) electrons. The topological polar surface area (TPSA) is 95.7 Å². The lowest BCUT2D eigenvalue weighted by Gasteiger charge is -2.33. The molecule has 1 aliphatic rings. The van der Waals surface area contributed by atoms with Gasteiger partial charge in [0.2, 0.25) is 11.8 Å². The number of thioether (sulfide) groups is 1. The monoisotopic (exact) mass is 417 g/mol. The van der Waals surface area contributed by atoms with E-state index in [0.29, 0.717) is 10.9 Å². The molecule has 1 aliphatic heterocycles. The summed E-state index contributed by atoms with van der Waals surface area (Å²) in [5.74, 6) is 0.139. The van der Waals surface area contributed by atoms with Gasteiger partial charge >= 0.3 is 0 Å². The largest absolute Gasteiger partial charge is 0.392 e. The normalized spacial score (nSPS) is 19.7. The van der Waals surface area contributed by atoms with Crippen LogP contribution in [0.2, 0.25) is 0 Å². The van der Waals surface area contributed by atoms with Gasteiger partial charge in [0, 0.05) is 36.1 Å². The summed E-state index contributed by atoms with van der Waals surface area (Å²) in [6.07, 6.45) is 2.93. The van der Waals surface area contributed by atoms with Gasteiger partial charge in [0.05, 0.1) is 27.5 Å². The third-order valence-corrected chi connectivity index (χ3v) is 7.90. The molecule has 1 saturated heterocycles. The van der Waals surface area contributed by atoms with Crippen LogP contribution in [0.1, 0.15) is 53.2 Å². The standard InChI is InChI=1S/C18H31N3O4S2/c1-12(22)17(2,3)14-11-15(25-20-14)19-16(23)18(4,5)26-13-7-9-21(10-8-13)27(6)24/h11-13,22H,7-10H2,1-6H3,(H,19,23). The van der Waals surface area contributed by atoms with Crippen LogP contribution in [0.5, 0.6) is 0 Å². The van der Waals surface area contributed by atoms with Gasteiger partial charge in [0.25, 0.3) is 0 Å². The molecule has 7 nitrogen and oxygen atoms in total.